The Morgan fingerprint density at radius 3 is 2.57 bits per heavy atom. The summed E-state index contributed by atoms with van der Waals surface area (Å²) < 4.78 is 18.4. The minimum Gasteiger partial charge on any atom is -0.480 e. The molecule has 114 valence electrons. The Morgan fingerprint density at radius 1 is 1.38 bits per heavy atom. The molecule has 0 unspecified atom stereocenters. The van der Waals surface area contributed by atoms with Crippen molar-refractivity contribution in [2.75, 3.05) is 6.54 Å². The van der Waals surface area contributed by atoms with Crippen LogP contribution < -0.4 is 0 Å². The number of hydrogen-bond acceptors (Lipinski definition) is 3. The second kappa shape index (κ2) is 5.35. The molecule has 2 rings (SSSR count). The van der Waals surface area contributed by atoms with E-state index in [1.807, 2.05) is 0 Å². The van der Waals surface area contributed by atoms with Gasteiger partial charge in [0.15, 0.2) is 0 Å². The molecule has 0 spiro atoms. The van der Waals surface area contributed by atoms with Crippen LogP contribution in [0.3, 0.4) is 0 Å². The van der Waals surface area contributed by atoms with Crippen molar-refractivity contribution in [3.8, 4) is 0 Å². The average molecular weight is 295 g/mol. The number of amides is 1. The second-order valence-corrected chi connectivity index (χ2v) is 6.08. The number of hydrogen-bond donors (Lipinski definition) is 1. The van der Waals surface area contributed by atoms with E-state index in [9.17, 15) is 19.1 Å². The van der Waals surface area contributed by atoms with Crippen LogP contribution in [0.5, 0.6) is 0 Å². The van der Waals surface area contributed by atoms with E-state index >= 15 is 0 Å². The van der Waals surface area contributed by atoms with Crippen LogP contribution in [-0.2, 0) is 9.53 Å². The van der Waals surface area contributed by atoms with Gasteiger partial charge >= 0.3 is 12.1 Å². The summed E-state index contributed by atoms with van der Waals surface area (Å²) in [5, 5.41) is 9.31. The van der Waals surface area contributed by atoms with Crippen molar-refractivity contribution >= 4 is 12.1 Å². The number of carboxylic acid groups (broad SMARTS) is 1. The van der Waals surface area contributed by atoms with Gasteiger partial charge in [-0.3, -0.25) is 4.90 Å². The first-order valence-electron chi connectivity index (χ1n) is 6.67. The zero-order chi connectivity index (χ0) is 15.8. The number of benzene rings is 1. The third-order valence-electron chi connectivity index (χ3n) is 3.27. The van der Waals surface area contributed by atoms with Crippen molar-refractivity contribution in [3.05, 3.63) is 35.6 Å². The summed E-state index contributed by atoms with van der Waals surface area (Å²) in [6.45, 7) is 5.34. The van der Waals surface area contributed by atoms with E-state index in [4.69, 9.17) is 4.74 Å². The maximum Gasteiger partial charge on any atom is 0.411 e. The van der Waals surface area contributed by atoms with Gasteiger partial charge in [-0.25, -0.2) is 14.0 Å². The van der Waals surface area contributed by atoms with Crippen LogP contribution in [0.25, 0.3) is 0 Å². The number of carboxylic acids is 1. The Hall–Kier alpha value is -2.11. The largest absolute Gasteiger partial charge is 0.480 e. The van der Waals surface area contributed by atoms with E-state index in [1.54, 1.807) is 26.8 Å². The lowest BCUT2D eigenvalue weighted by Crippen LogP contribution is -2.61. The van der Waals surface area contributed by atoms with Gasteiger partial charge in [0.2, 0.25) is 0 Å². The molecular weight excluding hydrogens is 277 g/mol. The Balaban J connectivity index is 2.15. The summed E-state index contributed by atoms with van der Waals surface area (Å²) in [4.78, 5) is 24.5. The molecule has 2 atom stereocenters. The lowest BCUT2D eigenvalue weighted by molar-refractivity contribution is -0.149. The maximum atomic E-state index is 13.2. The zero-order valence-electron chi connectivity index (χ0n) is 12.2. The number of halogens is 1. The number of ether oxygens (including phenoxy) is 1. The molecule has 5 nitrogen and oxygen atoms in total. The highest BCUT2D eigenvalue weighted by molar-refractivity contribution is 5.83. The fourth-order valence-corrected chi connectivity index (χ4v) is 2.34. The standard InChI is InChI=1S/C15H18FNO4/c1-15(2,3)21-14(20)17-8-11(12(17)13(18)19)9-5-4-6-10(16)7-9/h4-7,11-12H,8H2,1-3H3,(H,18,19)/t11-,12+/m0/s1. The monoisotopic (exact) mass is 295 g/mol. The molecule has 21 heavy (non-hydrogen) atoms. The van der Waals surface area contributed by atoms with Gasteiger partial charge in [0.25, 0.3) is 0 Å². The van der Waals surface area contributed by atoms with Gasteiger partial charge in [0, 0.05) is 12.5 Å². The van der Waals surface area contributed by atoms with Crippen molar-refractivity contribution in [2.45, 2.75) is 38.3 Å². The predicted octanol–water partition coefficient (Wildman–Crippen LogP) is 2.61. The molecule has 0 aromatic heterocycles. The Kier molecular flexibility index (Phi) is 3.89. The van der Waals surface area contributed by atoms with Gasteiger partial charge in [-0.2, -0.15) is 0 Å². The van der Waals surface area contributed by atoms with Crippen molar-refractivity contribution in [3.63, 3.8) is 0 Å². The highest BCUT2D eigenvalue weighted by atomic mass is 19.1. The van der Waals surface area contributed by atoms with Crippen molar-refractivity contribution < 1.29 is 23.8 Å². The molecule has 0 bridgehead atoms. The van der Waals surface area contributed by atoms with Crippen LogP contribution in [0.15, 0.2) is 24.3 Å². The molecule has 1 amide bonds. The maximum absolute atomic E-state index is 13.2. The van der Waals surface area contributed by atoms with Crippen LogP contribution in [0, 0.1) is 5.82 Å². The van der Waals surface area contributed by atoms with E-state index in [2.05, 4.69) is 0 Å². The number of rotatable bonds is 2. The first kappa shape index (κ1) is 15.3. The van der Waals surface area contributed by atoms with Crippen LogP contribution in [-0.4, -0.2) is 40.3 Å². The normalized spacial score (nSPS) is 21.6. The fourth-order valence-electron chi connectivity index (χ4n) is 2.34. The van der Waals surface area contributed by atoms with Gasteiger partial charge in [-0.1, -0.05) is 12.1 Å². The molecule has 1 saturated heterocycles. The van der Waals surface area contributed by atoms with Gasteiger partial charge in [0.1, 0.15) is 17.5 Å². The SMILES string of the molecule is CC(C)(C)OC(=O)N1C[C@@H](c2cccc(F)c2)[C@@H]1C(=O)O. The number of aliphatic carboxylic acids is 1. The van der Waals surface area contributed by atoms with Crippen molar-refractivity contribution in [1.29, 1.82) is 0 Å². The topological polar surface area (TPSA) is 66.8 Å². The number of nitrogens with zero attached hydrogens (tertiary/aromatic N) is 1. The molecule has 1 heterocycles. The van der Waals surface area contributed by atoms with E-state index < -0.39 is 35.4 Å². The first-order chi connectivity index (χ1) is 9.69. The Bertz CT molecular complexity index is 567. The predicted molar refractivity (Wildman–Crippen MR) is 73.5 cm³/mol. The van der Waals surface area contributed by atoms with Crippen molar-refractivity contribution in [1.82, 2.24) is 4.90 Å². The third kappa shape index (κ3) is 3.32. The van der Waals surface area contributed by atoms with E-state index in [0.717, 1.165) is 4.90 Å². The summed E-state index contributed by atoms with van der Waals surface area (Å²) in [5.74, 6) is -1.97. The molecule has 0 saturated carbocycles. The van der Waals surface area contributed by atoms with Crippen LogP contribution in [0.4, 0.5) is 9.18 Å². The Morgan fingerprint density at radius 2 is 2.05 bits per heavy atom. The minimum atomic E-state index is -1.12. The molecule has 1 fully saturated rings. The lowest BCUT2D eigenvalue weighted by Gasteiger charge is -2.45. The smallest absolute Gasteiger partial charge is 0.411 e. The molecule has 0 radical (unpaired) electrons. The molecular formula is C15H18FNO4. The highest BCUT2D eigenvalue weighted by Gasteiger charge is 2.48. The molecule has 1 N–H and O–H groups in total. The molecule has 1 aromatic carbocycles. The molecule has 1 aliphatic heterocycles. The summed E-state index contributed by atoms with van der Waals surface area (Å²) >= 11 is 0. The highest BCUT2D eigenvalue weighted by Crippen LogP contribution is 2.35. The van der Waals surface area contributed by atoms with Crippen LogP contribution in [0.2, 0.25) is 0 Å². The Labute approximate surface area is 122 Å². The van der Waals surface area contributed by atoms with E-state index in [1.165, 1.54) is 18.2 Å². The third-order valence-corrected chi connectivity index (χ3v) is 3.27. The van der Waals surface area contributed by atoms with Gasteiger partial charge in [0.05, 0.1) is 0 Å². The summed E-state index contributed by atoms with van der Waals surface area (Å²) in [5.41, 5.74) is -0.119. The number of carbonyl (C=O) groups is 2. The van der Waals surface area contributed by atoms with Gasteiger partial charge in [-0.15, -0.1) is 0 Å². The minimum absolute atomic E-state index is 0.204. The van der Waals surface area contributed by atoms with E-state index in [0.29, 0.717) is 5.56 Å². The van der Waals surface area contributed by atoms with Crippen LogP contribution in [0.1, 0.15) is 32.3 Å². The summed E-state index contributed by atoms with van der Waals surface area (Å²) in [6, 6.07) is 4.76. The molecule has 1 aliphatic rings. The quantitative estimate of drug-likeness (QED) is 0.910. The van der Waals surface area contributed by atoms with E-state index in [-0.39, 0.29) is 6.54 Å². The summed E-state index contributed by atoms with van der Waals surface area (Å²) in [6.07, 6.45) is -0.664. The second-order valence-electron chi connectivity index (χ2n) is 6.08. The molecule has 6 heteroatoms. The first-order valence-corrected chi connectivity index (χ1v) is 6.67. The number of carbonyl (C=O) groups excluding carboxylic acids is 1. The molecule has 1 aromatic rings. The number of likely N-dealkylation sites (tertiary alicyclic amines) is 1. The zero-order valence-corrected chi connectivity index (χ0v) is 12.2. The fraction of sp³-hybridized carbons (Fsp3) is 0.467. The van der Waals surface area contributed by atoms with Crippen molar-refractivity contribution in [2.24, 2.45) is 0 Å². The lowest BCUT2D eigenvalue weighted by atomic mass is 9.83. The summed E-state index contributed by atoms with van der Waals surface area (Å²) in [7, 11) is 0. The van der Waals surface area contributed by atoms with Gasteiger partial charge < -0.3 is 9.84 Å². The average Bonchev–Trinajstić information content (AvgIpc) is 2.23. The van der Waals surface area contributed by atoms with Crippen LogP contribution >= 0.6 is 0 Å². The van der Waals surface area contributed by atoms with Gasteiger partial charge in [-0.05, 0) is 38.5 Å². The molecule has 0 aliphatic carbocycles.